The number of nitrogens with zero attached hydrogens (tertiary/aromatic N) is 1. The van der Waals surface area contributed by atoms with Crippen molar-refractivity contribution in [3.63, 3.8) is 0 Å². The Labute approximate surface area is 102 Å². The van der Waals surface area contributed by atoms with Gasteiger partial charge >= 0.3 is 0 Å². The summed E-state index contributed by atoms with van der Waals surface area (Å²) in [5.74, 6) is 3.59. The van der Waals surface area contributed by atoms with Crippen LogP contribution >= 0.6 is 11.8 Å². The molecule has 0 spiro atoms. The van der Waals surface area contributed by atoms with Gasteiger partial charge in [0.1, 0.15) is 0 Å². The van der Waals surface area contributed by atoms with E-state index in [-0.39, 0.29) is 6.04 Å². The molecule has 0 aromatic carbocycles. The Balaban J connectivity index is 1.77. The second-order valence-electron chi connectivity index (χ2n) is 4.85. The molecule has 2 unspecified atom stereocenters. The van der Waals surface area contributed by atoms with Crippen molar-refractivity contribution in [1.29, 1.82) is 0 Å². The summed E-state index contributed by atoms with van der Waals surface area (Å²) in [6.07, 6.45) is 4.61. The lowest BCUT2D eigenvalue weighted by Gasteiger charge is -2.19. The first-order valence-electron chi connectivity index (χ1n) is 6.41. The highest BCUT2D eigenvalue weighted by Gasteiger charge is 2.32. The van der Waals surface area contributed by atoms with Gasteiger partial charge in [-0.25, -0.2) is 0 Å². The number of amides is 1. The van der Waals surface area contributed by atoms with Crippen LogP contribution in [0, 0.1) is 5.92 Å². The molecule has 1 N–H and O–H groups in total. The summed E-state index contributed by atoms with van der Waals surface area (Å²) in [5, 5.41) is 3.33. The van der Waals surface area contributed by atoms with Crippen molar-refractivity contribution in [3.05, 3.63) is 0 Å². The number of unbranched alkanes of at least 4 members (excludes halogenated alkanes) is 1. The van der Waals surface area contributed by atoms with Crippen molar-refractivity contribution in [3.8, 4) is 0 Å². The van der Waals surface area contributed by atoms with Crippen molar-refractivity contribution in [2.45, 2.75) is 38.6 Å². The molecular formula is C12H22N2OS. The van der Waals surface area contributed by atoms with Crippen LogP contribution in [0.2, 0.25) is 0 Å². The molecule has 3 nitrogen and oxygen atoms in total. The zero-order chi connectivity index (χ0) is 11.4. The largest absolute Gasteiger partial charge is 0.328 e. The highest BCUT2D eigenvalue weighted by atomic mass is 32.2. The van der Waals surface area contributed by atoms with Crippen LogP contribution in [-0.4, -0.2) is 41.6 Å². The SMILES string of the molecule is CCCCC1NCN(CC2CCSC2)C1=O. The molecule has 2 fully saturated rings. The Kier molecular flexibility index (Phi) is 4.53. The Morgan fingerprint density at radius 3 is 3.12 bits per heavy atom. The molecule has 16 heavy (non-hydrogen) atoms. The predicted molar refractivity (Wildman–Crippen MR) is 68.5 cm³/mol. The molecule has 2 aliphatic rings. The first-order chi connectivity index (χ1) is 7.81. The van der Waals surface area contributed by atoms with Crippen LogP contribution in [0.5, 0.6) is 0 Å². The molecule has 2 saturated heterocycles. The Morgan fingerprint density at radius 2 is 2.44 bits per heavy atom. The van der Waals surface area contributed by atoms with Crippen LogP contribution in [0.4, 0.5) is 0 Å². The van der Waals surface area contributed by atoms with Gasteiger partial charge in [-0.1, -0.05) is 19.8 Å². The fourth-order valence-corrected chi connectivity index (χ4v) is 3.71. The number of rotatable bonds is 5. The first-order valence-corrected chi connectivity index (χ1v) is 7.56. The highest BCUT2D eigenvalue weighted by Crippen LogP contribution is 2.25. The third-order valence-corrected chi connectivity index (χ3v) is 4.72. The van der Waals surface area contributed by atoms with Gasteiger partial charge in [0.05, 0.1) is 12.7 Å². The second-order valence-corrected chi connectivity index (χ2v) is 6.00. The quantitative estimate of drug-likeness (QED) is 0.796. The van der Waals surface area contributed by atoms with Crippen LogP contribution in [-0.2, 0) is 4.79 Å². The van der Waals surface area contributed by atoms with Gasteiger partial charge in [-0.2, -0.15) is 11.8 Å². The lowest BCUT2D eigenvalue weighted by Crippen LogP contribution is -2.34. The van der Waals surface area contributed by atoms with Crippen molar-refractivity contribution < 1.29 is 4.79 Å². The fraction of sp³-hybridized carbons (Fsp3) is 0.917. The minimum atomic E-state index is 0.106. The second kappa shape index (κ2) is 5.92. The molecule has 0 aromatic heterocycles. The average molecular weight is 242 g/mol. The fourth-order valence-electron chi connectivity index (χ4n) is 2.43. The maximum absolute atomic E-state index is 12.1. The summed E-state index contributed by atoms with van der Waals surface area (Å²) in [6, 6.07) is 0.106. The van der Waals surface area contributed by atoms with E-state index in [0.717, 1.165) is 32.0 Å². The average Bonchev–Trinajstić information content (AvgIpc) is 2.89. The molecule has 2 rings (SSSR count). The molecular weight excluding hydrogens is 220 g/mol. The van der Waals surface area contributed by atoms with E-state index in [9.17, 15) is 4.79 Å². The first kappa shape index (κ1) is 12.2. The highest BCUT2D eigenvalue weighted by molar-refractivity contribution is 7.99. The minimum absolute atomic E-state index is 0.106. The van der Waals surface area contributed by atoms with Gasteiger partial charge in [-0.3, -0.25) is 10.1 Å². The predicted octanol–water partition coefficient (Wildman–Crippen LogP) is 1.69. The summed E-state index contributed by atoms with van der Waals surface area (Å²) in [6.45, 7) is 3.92. The van der Waals surface area contributed by atoms with Gasteiger partial charge in [0.15, 0.2) is 0 Å². The van der Waals surface area contributed by atoms with Crippen LogP contribution in [0.15, 0.2) is 0 Å². The topological polar surface area (TPSA) is 32.3 Å². The van der Waals surface area contributed by atoms with E-state index in [4.69, 9.17) is 0 Å². The summed E-state index contributed by atoms with van der Waals surface area (Å²) in [7, 11) is 0. The van der Waals surface area contributed by atoms with Gasteiger partial charge < -0.3 is 4.90 Å². The maximum Gasteiger partial charge on any atom is 0.240 e. The third-order valence-electron chi connectivity index (χ3n) is 3.49. The molecule has 1 amide bonds. The van der Waals surface area contributed by atoms with Crippen molar-refractivity contribution in [1.82, 2.24) is 10.2 Å². The van der Waals surface area contributed by atoms with Crippen LogP contribution in [0.1, 0.15) is 32.6 Å². The van der Waals surface area contributed by atoms with Gasteiger partial charge in [-0.15, -0.1) is 0 Å². The maximum atomic E-state index is 12.1. The number of thioether (sulfide) groups is 1. The van der Waals surface area contributed by atoms with Gasteiger partial charge in [0.2, 0.25) is 5.91 Å². The molecule has 2 heterocycles. The van der Waals surface area contributed by atoms with Crippen molar-refractivity contribution >= 4 is 17.7 Å². The lowest BCUT2D eigenvalue weighted by molar-refractivity contribution is -0.129. The molecule has 0 aromatic rings. The van der Waals surface area contributed by atoms with E-state index in [1.807, 2.05) is 16.7 Å². The van der Waals surface area contributed by atoms with Gasteiger partial charge in [0, 0.05) is 6.54 Å². The molecule has 0 aliphatic carbocycles. The third kappa shape index (κ3) is 2.92. The number of carbonyl (C=O) groups is 1. The van der Waals surface area contributed by atoms with Crippen molar-refractivity contribution in [2.75, 3.05) is 24.7 Å². The monoisotopic (exact) mass is 242 g/mol. The normalized spacial score (nSPS) is 30.3. The standard InChI is InChI=1S/C12H22N2OS/c1-2-3-4-11-12(15)14(9-13-11)7-10-5-6-16-8-10/h10-11,13H,2-9H2,1H3. The Hall–Kier alpha value is -0.220. The number of carbonyl (C=O) groups excluding carboxylic acids is 1. The summed E-state index contributed by atoms with van der Waals surface area (Å²) < 4.78 is 0. The van der Waals surface area contributed by atoms with Crippen LogP contribution < -0.4 is 5.32 Å². The minimum Gasteiger partial charge on any atom is -0.328 e. The van der Waals surface area contributed by atoms with E-state index in [1.165, 1.54) is 24.3 Å². The Bertz CT molecular complexity index is 241. The van der Waals surface area contributed by atoms with E-state index < -0.39 is 0 Å². The molecule has 92 valence electrons. The smallest absolute Gasteiger partial charge is 0.240 e. The molecule has 2 atom stereocenters. The summed E-state index contributed by atoms with van der Waals surface area (Å²) in [4.78, 5) is 14.1. The van der Waals surface area contributed by atoms with Gasteiger partial charge in [-0.05, 0) is 30.3 Å². The van der Waals surface area contributed by atoms with Crippen molar-refractivity contribution in [2.24, 2.45) is 5.92 Å². The summed E-state index contributed by atoms with van der Waals surface area (Å²) in [5.41, 5.74) is 0. The Morgan fingerprint density at radius 1 is 1.56 bits per heavy atom. The molecule has 0 bridgehead atoms. The zero-order valence-corrected chi connectivity index (χ0v) is 10.9. The number of hydrogen-bond donors (Lipinski definition) is 1. The van der Waals surface area contributed by atoms with E-state index in [1.54, 1.807) is 0 Å². The van der Waals surface area contributed by atoms with E-state index >= 15 is 0 Å². The molecule has 2 aliphatic heterocycles. The molecule has 4 heteroatoms. The zero-order valence-electron chi connectivity index (χ0n) is 10.1. The lowest BCUT2D eigenvalue weighted by atomic mass is 10.1. The number of nitrogens with one attached hydrogen (secondary N) is 1. The van der Waals surface area contributed by atoms with Gasteiger partial charge in [0.25, 0.3) is 0 Å². The number of hydrogen-bond acceptors (Lipinski definition) is 3. The summed E-state index contributed by atoms with van der Waals surface area (Å²) >= 11 is 2.02. The van der Waals surface area contributed by atoms with Crippen LogP contribution in [0.25, 0.3) is 0 Å². The molecule has 0 radical (unpaired) electrons. The van der Waals surface area contributed by atoms with Crippen LogP contribution in [0.3, 0.4) is 0 Å². The molecule has 0 saturated carbocycles. The van der Waals surface area contributed by atoms with E-state index in [0.29, 0.717) is 5.91 Å². The van der Waals surface area contributed by atoms with E-state index in [2.05, 4.69) is 12.2 Å².